The smallest absolute Gasteiger partial charge is 0.293 e. The van der Waals surface area contributed by atoms with Gasteiger partial charge in [0, 0.05) is 50.7 Å². The average Bonchev–Trinajstić information content (AvgIpc) is 3.30. The van der Waals surface area contributed by atoms with Gasteiger partial charge in [0.25, 0.3) is 5.91 Å². The lowest BCUT2D eigenvalue weighted by molar-refractivity contribution is 0.100. The molecule has 1 fully saturated rings. The van der Waals surface area contributed by atoms with Gasteiger partial charge in [0.15, 0.2) is 0 Å². The molecule has 2 aliphatic rings. The van der Waals surface area contributed by atoms with Crippen molar-refractivity contribution < 1.29 is 4.79 Å². The third kappa shape index (κ3) is 3.29. The van der Waals surface area contributed by atoms with E-state index < -0.39 is 0 Å². The molecule has 7 nitrogen and oxygen atoms in total. The second-order valence-electron chi connectivity index (χ2n) is 7.65. The minimum absolute atomic E-state index is 0.200. The van der Waals surface area contributed by atoms with Crippen LogP contribution in [-0.4, -0.2) is 43.6 Å². The number of nitrogens with zero attached hydrogens (tertiary/aromatic N) is 5. The van der Waals surface area contributed by atoms with E-state index in [2.05, 4.69) is 31.5 Å². The second-order valence-corrected chi connectivity index (χ2v) is 7.65. The topological polar surface area (TPSA) is 75.9 Å². The molecule has 1 aromatic carbocycles. The van der Waals surface area contributed by atoms with Gasteiger partial charge < -0.3 is 9.88 Å². The number of carbonyl (C=O) groups is 1. The molecular weight excluding hydrogens is 352 g/mol. The lowest BCUT2D eigenvalue weighted by Crippen LogP contribution is -2.31. The van der Waals surface area contributed by atoms with Gasteiger partial charge in [0.1, 0.15) is 5.82 Å². The number of hydrogen-bond acceptors (Lipinski definition) is 5. The third-order valence-electron chi connectivity index (χ3n) is 5.71. The van der Waals surface area contributed by atoms with Crippen molar-refractivity contribution in [1.29, 1.82) is 0 Å². The Morgan fingerprint density at radius 2 is 1.89 bits per heavy atom. The predicted octanol–water partition coefficient (Wildman–Crippen LogP) is 2.23. The molecule has 0 spiro atoms. The number of likely N-dealkylation sites (tertiary alicyclic amines) is 1. The molecule has 0 bridgehead atoms. The molecule has 1 saturated heterocycles. The Hall–Kier alpha value is -3.06. The van der Waals surface area contributed by atoms with Crippen molar-refractivity contribution in [2.24, 2.45) is 11.8 Å². The van der Waals surface area contributed by atoms with Crippen LogP contribution in [0, 0.1) is 11.8 Å². The van der Waals surface area contributed by atoms with Crippen LogP contribution < -0.4 is 5.32 Å². The highest BCUT2D eigenvalue weighted by Crippen LogP contribution is 2.33. The molecule has 0 unspecified atom stereocenters. The van der Waals surface area contributed by atoms with Gasteiger partial charge in [-0.1, -0.05) is 24.3 Å². The van der Waals surface area contributed by atoms with E-state index in [9.17, 15) is 4.79 Å². The van der Waals surface area contributed by atoms with Crippen molar-refractivity contribution in [3.63, 3.8) is 0 Å². The molecule has 7 heteroatoms. The van der Waals surface area contributed by atoms with E-state index in [1.165, 1.54) is 5.56 Å². The number of carbonyl (C=O) groups excluding carboxylic acids is 1. The summed E-state index contributed by atoms with van der Waals surface area (Å²) in [4.78, 5) is 19.4. The van der Waals surface area contributed by atoms with E-state index in [0.29, 0.717) is 17.7 Å². The first-order valence-corrected chi connectivity index (χ1v) is 9.66. The van der Waals surface area contributed by atoms with Crippen LogP contribution in [0.4, 0.5) is 5.69 Å². The third-order valence-corrected chi connectivity index (χ3v) is 5.71. The Bertz CT molecular complexity index is 971. The van der Waals surface area contributed by atoms with Crippen LogP contribution >= 0.6 is 0 Å². The van der Waals surface area contributed by atoms with Gasteiger partial charge in [-0.3, -0.25) is 14.7 Å². The number of amides is 1. The highest BCUT2D eigenvalue weighted by molar-refractivity contribution is 6.01. The minimum atomic E-state index is -0.200. The molecule has 28 heavy (non-hydrogen) atoms. The van der Waals surface area contributed by atoms with E-state index >= 15 is 0 Å². The molecule has 0 aliphatic carbocycles. The van der Waals surface area contributed by atoms with Gasteiger partial charge in [-0.2, -0.15) is 0 Å². The number of aromatic nitrogens is 4. The Morgan fingerprint density at radius 3 is 2.71 bits per heavy atom. The highest BCUT2D eigenvalue weighted by atomic mass is 16.2. The second kappa shape index (κ2) is 7.16. The fraction of sp³-hybridized carbons (Fsp3) is 0.333. The fourth-order valence-corrected chi connectivity index (χ4v) is 4.38. The summed E-state index contributed by atoms with van der Waals surface area (Å²) in [6.45, 7) is 3.80. The fourth-order valence-electron chi connectivity index (χ4n) is 4.38. The van der Waals surface area contributed by atoms with Crippen LogP contribution in [0.5, 0.6) is 0 Å². The molecule has 2 aromatic heterocycles. The summed E-state index contributed by atoms with van der Waals surface area (Å²) in [5, 5.41) is 11.4. The quantitative estimate of drug-likeness (QED) is 0.758. The summed E-state index contributed by atoms with van der Waals surface area (Å²) in [5.41, 5.74) is 2.01. The number of benzene rings is 1. The Kier molecular flexibility index (Phi) is 4.37. The van der Waals surface area contributed by atoms with Gasteiger partial charge in [0.05, 0.1) is 0 Å². The number of fused-ring (bicyclic) bond motifs is 2. The van der Waals surface area contributed by atoms with Crippen LogP contribution in [0.2, 0.25) is 0 Å². The number of hydrogen-bond donors (Lipinski definition) is 1. The Morgan fingerprint density at radius 1 is 1.04 bits per heavy atom. The van der Waals surface area contributed by atoms with Crippen molar-refractivity contribution in [2.75, 3.05) is 18.4 Å². The summed E-state index contributed by atoms with van der Waals surface area (Å²) in [6, 6.07) is 13.6. The lowest BCUT2D eigenvalue weighted by Gasteiger charge is -2.25. The maximum absolute atomic E-state index is 12.7. The first-order valence-electron chi connectivity index (χ1n) is 9.66. The van der Waals surface area contributed by atoms with E-state index in [1.807, 2.05) is 47.2 Å². The highest BCUT2D eigenvalue weighted by Gasteiger charge is 2.39. The van der Waals surface area contributed by atoms with Crippen LogP contribution in [0.3, 0.4) is 0 Å². The first-order chi connectivity index (χ1) is 13.8. The number of nitrogens with one attached hydrogen (secondary N) is 1. The Balaban J connectivity index is 1.29. The SMILES string of the molecule is O=C(Nc1ccccc1)c1nnc2n1C[C@H]1CN(Cc3cccnc3)C[C@@H]1C2. The van der Waals surface area contributed by atoms with Gasteiger partial charge in [-0.25, -0.2) is 0 Å². The largest absolute Gasteiger partial charge is 0.319 e. The van der Waals surface area contributed by atoms with Crippen molar-refractivity contribution in [2.45, 2.75) is 19.5 Å². The zero-order chi connectivity index (χ0) is 18.9. The summed E-state index contributed by atoms with van der Waals surface area (Å²) >= 11 is 0. The van der Waals surface area contributed by atoms with Crippen molar-refractivity contribution >= 4 is 11.6 Å². The normalized spacial score (nSPS) is 21.1. The van der Waals surface area contributed by atoms with Gasteiger partial charge in [-0.05, 0) is 35.6 Å². The van der Waals surface area contributed by atoms with Crippen LogP contribution in [-0.2, 0) is 19.5 Å². The standard InChI is InChI=1S/C21H22N6O/c28-21(23-18-6-2-1-3-7-18)20-25-24-19-9-16-12-26(13-17(16)14-27(19)20)11-15-5-4-8-22-10-15/h1-8,10,16-17H,9,11-14H2,(H,23,28)/t16-,17+/m0/s1. The average molecular weight is 374 g/mol. The lowest BCUT2D eigenvalue weighted by atomic mass is 9.89. The molecule has 2 atom stereocenters. The van der Waals surface area contributed by atoms with E-state index in [0.717, 1.165) is 44.1 Å². The number of anilines is 1. The zero-order valence-electron chi connectivity index (χ0n) is 15.5. The van der Waals surface area contributed by atoms with Crippen LogP contribution in [0.15, 0.2) is 54.9 Å². The van der Waals surface area contributed by atoms with E-state index in [4.69, 9.17) is 0 Å². The van der Waals surface area contributed by atoms with Gasteiger partial charge in [-0.15, -0.1) is 10.2 Å². The maximum Gasteiger partial charge on any atom is 0.293 e. The first kappa shape index (κ1) is 17.1. The van der Waals surface area contributed by atoms with E-state index in [-0.39, 0.29) is 5.91 Å². The Labute approximate surface area is 163 Å². The molecule has 3 aromatic rings. The maximum atomic E-state index is 12.7. The number of para-hydroxylation sites is 1. The van der Waals surface area contributed by atoms with Crippen LogP contribution in [0.25, 0.3) is 0 Å². The molecule has 1 amide bonds. The van der Waals surface area contributed by atoms with Crippen molar-refractivity contribution in [3.8, 4) is 0 Å². The molecule has 142 valence electrons. The number of rotatable bonds is 4. The molecule has 4 heterocycles. The summed E-state index contributed by atoms with van der Waals surface area (Å²) in [5.74, 6) is 2.21. The van der Waals surface area contributed by atoms with Crippen molar-refractivity contribution in [3.05, 3.63) is 72.1 Å². The molecular formula is C21H22N6O. The van der Waals surface area contributed by atoms with Gasteiger partial charge in [0.2, 0.25) is 5.82 Å². The molecule has 0 saturated carbocycles. The van der Waals surface area contributed by atoms with Crippen LogP contribution in [0.1, 0.15) is 22.0 Å². The molecule has 5 rings (SSSR count). The van der Waals surface area contributed by atoms with Crippen molar-refractivity contribution in [1.82, 2.24) is 24.6 Å². The monoisotopic (exact) mass is 374 g/mol. The zero-order valence-corrected chi connectivity index (χ0v) is 15.5. The van der Waals surface area contributed by atoms with Gasteiger partial charge >= 0.3 is 0 Å². The molecule has 0 radical (unpaired) electrons. The summed E-state index contributed by atoms with van der Waals surface area (Å²) in [6.07, 6.45) is 4.62. The predicted molar refractivity (Wildman–Crippen MR) is 105 cm³/mol. The summed E-state index contributed by atoms with van der Waals surface area (Å²) in [7, 11) is 0. The molecule has 1 N–H and O–H groups in total. The van der Waals surface area contributed by atoms with E-state index in [1.54, 1.807) is 6.20 Å². The summed E-state index contributed by atoms with van der Waals surface area (Å²) < 4.78 is 2.01. The molecule has 2 aliphatic heterocycles. The minimum Gasteiger partial charge on any atom is -0.319 e. The number of pyridine rings is 1.